The highest BCUT2D eigenvalue weighted by Crippen LogP contribution is 2.18. The molecule has 1 N–H and O–H groups in total. The van der Waals surface area contributed by atoms with Crippen molar-refractivity contribution in [3.8, 4) is 5.82 Å². The van der Waals surface area contributed by atoms with E-state index in [-0.39, 0.29) is 6.10 Å². The Bertz CT molecular complexity index is 880. The van der Waals surface area contributed by atoms with Crippen molar-refractivity contribution in [2.45, 2.75) is 64.7 Å². The number of ether oxygens (including phenoxy) is 2. The van der Waals surface area contributed by atoms with Crippen molar-refractivity contribution < 1.29 is 9.47 Å². The maximum Gasteiger partial charge on any atom is 0.193 e. The molecular formula is C24H36N6O2. The summed E-state index contributed by atoms with van der Waals surface area (Å²) in [5.74, 6) is 1.77. The number of rotatable bonds is 6. The first kappa shape index (κ1) is 22.7. The highest BCUT2D eigenvalue weighted by atomic mass is 16.5. The number of piperidine rings is 1. The van der Waals surface area contributed by atoms with Crippen molar-refractivity contribution in [2.24, 2.45) is 4.99 Å². The fraction of sp³-hybridized carbons (Fsp3) is 0.625. The molecule has 0 bridgehead atoms. The summed E-state index contributed by atoms with van der Waals surface area (Å²) in [4.78, 5) is 11.4. The second-order valence-electron chi connectivity index (χ2n) is 8.77. The topological polar surface area (TPSA) is 76.8 Å². The largest absolute Gasteiger partial charge is 0.376 e. The van der Waals surface area contributed by atoms with E-state index in [1.165, 1.54) is 12.8 Å². The van der Waals surface area contributed by atoms with Gasteiger partial charge in [-0.15, -0.1) is 0 Å². The Kier molecular flexibility index (Phi) is 7.76. The van der Waals surface area contributed by atoms with Crippen LogP contribution in [0.4, 0.5) is 0 Å². The van der Waals surface area contributed by atoms with E-state index in [2.05, 4.69) is 37.4 Å². The fourth-order valence-corrected chi connectivity index (χ4v) is 4.44. The summed E-state index contributed by atoms with van der Waals surface area (Å²) in [6.45, 7) is 8.24. The van der Waals surface area contributed by atoms with Crippen molar-refractivity contribution in [2.75, 3.05) is 33.4 Å². The Morgan fingerprint density at radius 3 is 2.69 bits per heavy atom. The van der Waals surface area contributed by atoms with Crippen LogP contribution in [0.25, 0.3) is 5.82 Å². The highest BCUT2D eigenvalue weighted by molar-refractivity contribution is 5.79. The van der Waals surface area contributed by atoms with Gasteiger partial charge in [-0.1, -0.05) is 6.07 Å². The molecule has 1 atom stereocenters. The molecule has 174 valence electrons. The van der Waals surface area contributed by atoms with Crippen LogP contribution in [-0.2, 0) is 16.0 Å². The third-order valence-electron chi connectivity index (χ3n) is 6.23. The highest BCUT2D eigenvalue weighted by Gasteiger charge is 2.23. The zero-order chi connectivity index (χ0) is 22.3. The van der Waals surface area contributed by atoms with Crippen molar-refractivity contribution in [3.05, 3.63) is 41.3 Å². The second-order valence-corrected chi connectivity index (χ2v) is 8.77. The lowest BCUT2D eigenvalue weighted by Crippen LogP contribution is -2.47. The van der Waals surface area contributed by atoms with Gasteiger partial charge in [0.15, 0.2) is 11.8 Å². The summed E-state index contributed by atoms with van der Waals surface area (Å²) in [6.07, 6.45) is 8.13. The minimum atomic E-state index is 0.289. The van der Waals surface area contributed by atoms with Gasteiger partial charge in [0.05, 0.1) is 24.5 Å². The SMILES string of the molecule is CN=C(NCc1ccc(-n2nc(C)cc2C)nc1)N1CCC(OCC2CCCCO2)CC1. The summed E-state index contributed by atoms with van der Waals surface area (Å²) in [6, 6.07) is 6.16. The maximum absolute atomic E-state index is 6.14. The Morgan fingerprint density at radius 1 is 1.22 bits per heavy atom. The number of hydrogen-bond acceptors (Lipinski definition) is 5. The van der Waals surface area contributed by atoms with E-state index in [0.29, 0.717) is 12.6 Å². The van der Waals surface area contributed by atoms with Crippen LogP contribution in [0.15, 0.2) is 29.4 Å². The molecule has 4 heterocycles. The van der Waals surface area contributed by atoms with Crippen molar-refractivity contribution >= 4 is 5.96 Å². The van der Waals surface area contributed by atoms with Gasteiger partial charge in [-0.2, -0.15) is 5.10 Å². The first-order valence-corrected chi connectivity index (χ1v) is 11.8. The number of aryl methyl sites for hydroxylation is 2. The predicted molar refractivity (Wildman–Crippen MR) is 125 cm³/mol. The quantitative estimate of drug-likeness (QED) is 0.550. The number of hydrogen-bond donors (Lipinski definition) is 1. The Morgan fingerprint density at radius 2 is 2.06 bits per heavy atom. The third kappa shape index (κ3) is 5.86. The monoisotopic (exact) mass is 440 g/mol. The van der Waals surface area contributed by atoms with E-state index in [1.807, 2.05) is 37.8 Å². The van der Waals surface area contributed by atoms with Crippen LogP contribution >= 0.6 is 0 Å². The molecule has 8 nitrogen and oxygen atoms in total. The molecule has 0 radical (unpaired) electrons. The van der Waals surface area contributed by atoms with Gasteiger partial charge in [-0.25, -0.2) is 9.67 Å². The van der Waals surface area contributed by atoms with E-state index < -0.39 is 0 Å². The van der Waals surface area contributed by atoms with Gasteiger partial charge in [-0.05, 0) is 63.6 Å². The number of aromatic nitrogens is 3. The van der Waals surface area contributed by atoms with Crippen molar-refractivity contribution in [1.82, 2.24) is 25.0 Å². The zero-order valence-corrected chi connectivity index (χ0v) is 19.6. The molecule has 0 aliphatic carbocycles. The summed E-state index contributed by atoms with van der Waals surface area (Å²) in [5, 5.41) is 7.98. The van der Waals surface area contributed by atoms with E-state index in [0.717, 1.165) is 74.3 Å². The molecule has 8 heteroatoms. The predicted octanol–water partition coefficient (Wildman–Crippen LogP) is 3.01. The van der Waals surface area contributed by atoms with Gasteiger partial charge < -0.3 is 19.7 Å². The van der Waals surface area contributed by atoms with E-state index in [1.54, 1.807) is 0 Å². The van der Waals surface area contributed by atoms with Crippen LogP contribution in [-0.4, -0.2) is 71.2 Å². The molecule has 2 saturated heterocycles. The van der Waals surface area contributed by atoms with E-state index in [9.17, 15) is 0 Å². The molecule has 4 rings (SSSR count). The molecule has 1 unspecified atom stereocenters. The molecule has 2 aromatic heterocycles. The van der Waals surface area contributed by atoms with Gasteiger partial charge >= 0.3 is 0 Å². The Labute approximate surface area is 191 Å². The number of aliphatic imine (C=N–C) groups is 1. The number of pyridine rings is 1. The Balaban J connectivity index is 1.22. The van der Waals surface area contributed by atoms with Crippen LogP contribution < -0.4 is 5.32 Å². The summed E-state index contributed by atoms with van der Waals surface area (Å²) in [5.41, 5.74) is 3.19. The summed E-state index contributed by atoms with van der Waals surface area (Å²) < 4.78 is 13.8. The molecule has 2 fully saturated rings. The van der Waals surface area contributed by atoms with Gasteiger partial charge in [0.2, 0.25) is 0 Å². The molecule has 2 aliphatic heterocycles. The van der Waals surface area contributed by atoms with Crippen LogP contribution in [0.2, 0.25) is 0 Å². The van der Waals surface area contributed by atoms with Crippen LogP contribution in [0, 0.1) is 13.8 Å². The van der Waals surface area contributed by atoms with E-state index in [4.69, 9.17) is 9.47 Å². The van der Waals surface area contributed by atoms with E-state index >= 15 is 0 Å². The number of nitrogens with zero attached hydrogens (tertiary/aromatic N) is 5. The second kappa shape index (κ2) is 10.9. The lowest BCUT2D eigenvalue weighted by atomic mass is 10.1. The zero-order valence-electron chi connectivity index (χ0n) is 19.6. The molecule has 0 amide bonds. The normalized spacial score (nSPS) is 20.5. The van der Waals surface area contributed by atoms with Crippen LogP contribution in [0.5, 0.6) is 0 Å². The fourth-order valence-electron chi connectivity index (χ4n) is 4.44. The number of guanidine groups is 1. The number of nitrogens with one attached hydrogen (secondary N) is 1. The standard InChI is InChI=1S/C24H36N6O2/c1-18-14-19(2)30(28-18)23-8-7-20(15-26-23)16-27-24(25-3)29-11-9-21(10-12-29)32-17-22-6-4-5-13-31-22/h7-8,14-15,21-22H,4-6,9-13,16-17H2,1-3H3,(H,25,27). The van der Waals surface area contributed by atoms with Crippen molar-refractivity contribution in [3.63, 3.8) is 0 Å². The average molecular weight is 441 g/mol. The molecule has 0 saturated carbocycles. The first-order valence-electron chi connectivity index (χ1n) is 11.8. The molecule has 2 aromatic rings. The molecular weight excluding hydrogens is 404 g/mol. The first-order chi connectivity index (χ1) is 15.6. The smallest absolute Gasteiger partial charge is 0.193 e. The third-order valence-corrected chi connectivity index (χ3v) is 6.23. The molecule has 0 spiro atoms. The minimum Gasteiger partial charge on any atom is -0.376 e. The molecule has 2 aliphatic rings. The number of likely N-dealkylation sites (tertiary alicyclic amines) is 1. The molecule has 32 heavy (non-hydrogen) atoms. The lowest BCUT2D eigenvalue weighted by Gasteiger charge is -2.35. The Hall–Kier alpha value is -2.45. The van der Waals surface area contributed by atoms with Gasteiger partial charge in [0.25, 0.3) is 0 Å². The van der Waals surface area contributed by atoms with Crippen LogP contribution in [0.3, 0.4) is 0 Å². The van der Waals surface area contributed by atoms with Gasteiger partial charge in [-0.3, -0.25) is 4.99 Å². The van der Waals surface area contributed by atoms with Gasteiger partial charge in [0, 0.05) is 45.2 Å². The lowest BCUT2D eigenvalue weighted by molar-refractivity contribution is -0.0721. The summed E-state index contributed by atoms with van der Waals surface area (Å²) >= 11 is 0. The van der Waals surface area contributed by atoms with Crippen molar-refractivity contribution in [1.29, 1.82) is 0 Å². The molecule has 0 aromatic carbocycles. The maximum atomic E-state index is 6.14. The summed E-state index contributed by atoms with van der Waals surface area (Å²) in [7, 11) is 1.84. The minimum absolute atomic E-state index is 0.289. The van der Waals surface area contributed by atoms with Crippen LogP contribution in [0.1, 0.15) is 49.1 Å². The average Bonchev–Trinajstić information content (AvgIpc) is 3.17. The van der Waals surface area contributed by atoms with Gasteiger partial charge in [0.1, 0.15) is 0 Å².